The summed E-state index contributed by atoms with van der Waals surface area (Å²) in [5, 5.41) is 13.1. The predicted molar refractivity (Wildman–Crippen MR) is 60.3 cm³/mol. The third-order valence-corrected chi connectivity index (χ3v) is 2.71. The van der Waals surface area contributed by atoms with Crippen molar-refractivity contribution in [1.82, 2.24) is 10.3 Å². The zero-order valence-corrected chi connectivity index (χ0v) is 9.58. The maximum absolute atomic E-state index is 11.4. The molecule has 16 heavy (non-hydrogen) atoms. The van der Waals surface area contributed by atoms with E-state index in [0.717, 1.165) is 0 Å². The van der Waals surface area contributed by atoms with Crippen LogP contribution >= 0.6 is 11.3 Å². The van der Waals surface area contributed by atoms with Crippen LogP contribution in [-0.4, -0.2) is 28.5 Å². The van der Waals surface area contributed by atoms with E-state index in [2.05, 4.69) is 10.3 Å². The number of aliphatic carboxylic acids is 1. The summed E-state index contributed by atoms with van der Waals surface area (Å²) in [7, 11) is 0. The highest BCUT2D eigenvalue weighted by Crippen LogP contribution is 2.10. The minimum absolute atomic E-state index is 0.269. The van der Waals surface area contributed by atoms with Crippen molar-refractivity contribution in [2.75, 3.05) is 12.3 Å². The molecule has 0 saturated heterocycles. The Morgan fingerprint density at radius 3 is 2.88 bits per heavy atom. The summed E-state index contributed by atoms with van der Waals surface area (Å²) < 4.78 is 0. The van der Waals surface area contributed by atoms with E-state index in [9.17, 15) is 9.59 Å². The normalized spacial score (nSPS) is 12.1. The number of anilines is 1. The molecule has 0 saturated carbocycles. The van der Waals surface area contributed by atoms with E-state index in [-0.39, 0.29) is 11.6 Å². The largest absolute Gasteiger partial charge is 0.481 e. The number of amides is 1. The van der Waals surface area contributed by atoms with Gasteiger partial charge in [0.05, 0.1) is 5.92 Å². The van der Waals surface area contributed by atoms with Crippen LogP contribution in [-0.2, 0) is 4.79 Å². The zero-order chi connectivity index (χ0) is 12.1. The number of aromatic nitrogens is 1. The number of carboxylic acid groups (broad SMARTS) is 1. The lowest BCUT2D eigenvalue weighted by Gasteiger charge is -2.06. The Hall–Kier alpha value is -1.63. The molecule has 0 radical (unpaired) electrons. The standard InChI is InChI=1S/C9H13N3O3S/c1-5(8(14)15)2-3-11-7(13)6-4-16-9(10)12-6/h4-5H,2-3H2,1H3,(H2,10,12)(H,11,13)(H,14,15). The molecule has 1 rings (SSSR count). The van der Waals surface area contributed by atoms with Gasteiger partial charge in [-0.1, -0.05) is 6.92 Å². The fourth-order valence-corrected chi connectivity index (χ4v) is 1.55. The molecule has 0 aliphatic rings. The van der Waals surface area contributed by atoms with Crippen LogP contribution in [0.4, 0.5) is 5.13 Å². The first-order valence-corrected chi connectivity index (χ1v) is 5.60. The minimum atomic E-state index is -0.868. The summed E-state index contributed by atoms with van der Waals surface area (Å²) in [5.41, 5.74) is 5.65. The molecule has 1 aromatic rings. The fraction of sp³-hybridized carbons (Fsp3) is 0.444. The highest BCUT2D eigenvalue weighted by atomic mass is 32.1. The molecule has 88 valence electrons. The molecule has 4 N–H and O–H groups in total. The molecule has 0 aromatic carbocycles. The Bertz CT molecular complexity index is 391. The molecule has 6 nitrogen and oxygen atoms in total. The predicted octanol–water partition coefficient (Wildman–Crippen LogP) is 0.566. The number of hydrogen-bond donors (Lipinski definition) is 3. The molecule has 0 bridgehead atoms. The van der Waals surface area contributed by atoms with Gasteiger partial charge in [0.1, 0.15) is 5.69 Å². The lowest BCUT2D eigenvalue weighted by molar-refractivity contribution is -0.141. The number of nitrogens with one attached hydrogen (secondary N) is 1. The van der Waals surface area contributed by atoms with E-state index in [4.69, 9.17) is 10.8 Å². The van der Waals surface area contributed by atoms with E-state index in [0.29, 0.717) is 18.1 Å². The molecular formula is C9H13N3O3S. The molecular weight excluding hydrogens is 230 g/mol. The number of rotatable bonds is 5. The second kappa shape index (κ2) is 5.45. The highest BCUT2D eigenvalue weighted by Gasteiger charge is 2.12. The number of carboxylic acids is 1. The van der Waals surface area contributed by atoms with Gasteiger partial charge in [0.2, 0.25) is 0 Å². The molecule has 1 amide bonds. The summed E-state index contributed by atoms with van der Waals surface area (Å²) in [5.74, 6) is -1.67. The molecule has 0 aliphatic heterocycles. The SMILES string of the molecule is CC(CCNC(=O)c1csc(N)n1)C(=O)O. The molecule has 0 spiro atoms. The first-order valence-electron chi connectivity index (χ1n) is 4.72. The van der Waals surface area contributed by atoms with Crippen LogP contribution in [0.5, 0.6) is 0 Å². The lowest BCUT2D eigenvalue weighted by atomic mass is 10.1. The Morgan fingerprint density at radius 1 is 1.69 bits per heavy atom. The second-order valence-electron chi connectivity index (χ2n) is 3.35. The zero-order valence-electron chi connectivity index (χ0n) is 8.77. The molecule has 1 atom stereocenters. The maximum atomic E-state index is 11.4. The molecule has 1 heterocycles. The van der Waals surface area contributed by atoms with Gasteiger partial charge < -0.3 is 16.2 Å². The van der Waals surface area contributed by atoms with Crippen LogP contribution in [0.3, 0.4) is 0 Å². The average molecular weight is 243 g/mol. The van der Waals surface area contributed by atoms with E-state index in [1.54, 1.807) is 12.3 Å². The molecule has 0 fully saturated rings. The quantitative estimate of drug-likeness (QED) is 0.701. The van der Waals surface area contributed by atoms with E-state index >= 15 is 0 Å². The molecule has 1 unspecified atom stereocenters. The van der Waals surface area contributed by atoms with E-state index < -0.39 is 11.9 Å². The number of carbonyl (C=O) groups excluding carboxylic acids is 1. The Kier molecular flexibility index (Phi) is 4.24. The topological polar surface area (TPSA) is 105 Å². The van der Waals surface area contributed by atoms with Gasteiger partial charge in [-0.05, 0) is 6.42 Å². The Balaban J connectivity index is 2.34. The first-order chi connectivity index (χ1) is 7.50. The average Bonchev–Trinajstić information content (AvgIpc) is 2.64. The minimum Gasteiger partial charge on any atom is -0.481 e. The summed E-state index contributed by atoms with van der Waals surface area (Å²) >= 11 is 1.19. The van der Waals surface area contributed by atoms with Crippen molar-refractivity contribution in [2.45, 2.75) is 13.3 Å². The lowest BCUT2D eigenvalue weighted by Crippen LogP contribution is -2.27. The van der Waals surface area contributed by atoms with Crippen LogP contribution in [0.25, 0.3) is 0 Å². The third-order valence-electron chi connectivity index (χ3n) is 2.04. The number of carbonyl (C=O) groups is 2. The van der Waals surface area contributed by atoms with Crippen molar-refractivity contribution in [3.8, 4) is 0 Å². The monoisotopic (exact) mass is 243 g/mol. The van der Waals surface area contributed by atoms with E-state index in [1.165, 1.54) is 11.3 Å². The third kappa shape index (κ3) is 3.50. The highest BCUT2D eigenvalue weighted by molar-refractivity contribution is 7.13. The fourth-order valence-electron chi connectivity index (χ4n) is 1.01. The van der Waals surface area contributed by atoms with Crippen LogP contribution < -0.4 is 11.1 Å². The number of nitrogen functional groups attached to an aromatic ring is 1. The molecule has 1 aromatic heterocycles. The van der Waals surface area contributed by atoms with E-state index in [1.807, 2.05) is 0 Å². The van der Waals surface area contributed by atoms with Crippen LogP contribution in [0.1, 0.15) is 23.8 Å². The Morgan fingerprint density at radius 2 is 2.38 bits per heavy atom. The molecule has 7 heteroatoms. The van der Waals surface area contributed by atoms with Gasteiger partial charge in [0.15, 0.2) is 5.13 Å². The van der Waals surface area contributed by atoms with Crippen LogP contribution in [0.2, 0.25) is 0 Å². The van der Waals surface area contributed by atoms with Crippen molar-refractivity contribution < 1.29 is 14.7 Å². The number of hydrogen-bond acceptors (Lipinski definition) is 5. The summed E-state index contributed by atoms with van der Waals surface area (Å²) in [4.78, 5) is 25.8. The summed E-state index contributed by atoms with van der Waals surface area (Å²) in [6.07, 6.45) is 0.390. The van der Waals surface area contributed by atoms with Crippen molar-refractivity contribution in [3.63, 3.8) is 0 Å². The second-order valence-corrected chi connectivity index (χ2v) is 4.24. The van der Waals surface area contributed by atoms with Crippen molar-refractivity contribution >= 4 is 28.3 Å². The van der Waals surface area contributed by atoms with Gasteiger partial charge in [0.25, 0.3) is 5.91 Å². The van der Waals surface area contributed by atoms with Gasteiger partial charge in [-0.2, -0.15) is 0 Å². The van der Waals surface area contributed by atoms with Gasteiger partial charge in [-0.3, -0.25) is 9.59 Å². The maximum Gasteiger partial charge on any atom is 0.306 e. The van der Waals surface area contributed by atoms with Crippen LogP contribution in [0, 0.1) is 5.92 Å². The molecule has 0 aliphatic carbocycles. The van der Waals surface area contributed by atoms with Crippen molar-refractivity contribution in [1.29, 1.82) is 0 Å². The van der Waals surface area contributed by atoms with Gasteiger partial charge in [0, 0.05) is 11.9 Å². The summed E-state index contributed by atoms with van der Waals surface area (Å²) in [6.45, 7) is 1.90. The number of nitrogens with zero attached hydrogens (tertiary/aromatic N) is 1. The van der Waals surface area contributed by atoms with Gasteiger partial charge in [-0.25, -0.2) is 4.98 Å². The number of nitrogens with two attached hydrogens (primary N) is 1. The van der Waals surface area contributed by atoms with Crippen LogP contribution in [0.15, 0.2) is 5.38 Å². The van der Waals surface area contributed by atoms with Gasteiger partial charge >= 0.3 is 5.97 Å². The van der Waals surface area contributed by atoms with Gasteiger partial charge in [-0.15, -0.1) is 11.3 Å². The van der Waals surface area contributed by atoms with Crippen molar-refractivity contribution in [3.05, 3.63) is 11.1 Å². The first kappa shape index (κ1) is 12.4. The summed E-state index contributed by atoms with van der Waals surface area (Å²) in [6, 6.07) is 0. The number of thiazole rings is 1. The van der Waals surface area contributed by atoms with Crippen molar-refractivity contribution in [2.24, 2.45) is 5.92 Å². The Labute approximate surface area is 96.5 Å². The smallest absolute Gasteiger partial charge is 0.306 e.